The lowest BCUT2D eigenvalue weighted by Gasteiger charge is -2.58. The van der Waals surface area contributed by atoms with Gasteiger partial charge in [-0.15, -0.1) is 0 Å². The first-order chi connectivity index (χ1) is 7.43. The summed E-state index contributed by atoms with van der Waals surface area (Å²) < 4.78 is 0. The molecule has 0 radical (unpaired) electrons. The van der Waals surface area contributed by atoms with Crippen LogP contribution in [0.5, 0.6) is 0 Å². The van der Waals surface area contributed by atoms with E-state index in [1.54, 1.807) is 0 Å². The molecule has 0 bridgehead atoms. The molecule has 2 nitrogen and oxygen atoms in total. The molecule has 2 aliphatic rings. The summed E-state index contributed by atoms with van der Waals surface area (Å²) in [6.07, 6.45) is 5.40. The molecular weight excluding hydrogens is 200 g/mol. The highest BCUT2D eigenvalue weighted by Crippen LogP contribution is 2.59. The van der Waals surface area contributed by atoms with Gasteiger partial charge in [0.25, 0.3) is 0 Å². The first-order valence-corrected chi connectivity index (χ1v) is 6.72. The van der Waals surface area contributed by atoms with Gasteiger partial charge in [-0.2, -0.15) is 0 Å². The van der Waals surface area contributed by atoms with Crippen LogP contribution in [0.15, 0.2) is 0 Å². The second-order valence-electron chi connectivity index (χ2n) is 6.74. The van der Waals surface area contributed by atoms with E-state index in [1.807, 2.05) is 0 Å². The van der Waals surface area contributed by atoms with Crippen molar-refractivity contribution in [2.75, 3.05) is 6.61 Å². The summed E-state index contributed by atoms with van der Waals surface area (Å²) in [4.78, 5) is 0. The average Bonchev–Trinajstić information content (AvgIpc) is 2.24. The van der Waals surface area contributed by atoms with Crippen LogP contribution in [0.3, 0.4) is 0 Å². The molecule has 0 saturated heterocycles. The minimum Gasteiger partial charge on any atom is -0.396 e. The molecule has 4 atom stereocenters. The zero-order valence-electron chi connectivity index (χ0n) is 10.9. The first kappa shape index (κ1) is 12.4. The van der Waals surface area contributed by atoms with Crippen molar-refractivity contribution in [2.45, 2.75) is 59.0 Å². The normalized spacial score (nSPS) is 47.4. The molecular formula is C14H26O2. The van der Waals surface area contributed by atoms with E-state index in [4.69, 9.17) is 0 Å². The third-order valence-electron chi connectivity index (χ3n) is 5.71. The van der Waals surface area contributed by atoms with Crippen LogP contribution in [-0.4, -0.2) is 22.9 Å². The minimum absolute atomic E-state index is 0.0147. The lowest BCUT2D eigenvalue weighted by molar-refractivity contribution is -0.142. The molecule has 2 saturated carbocycles. The largest absolute Gasteiger partial charge is 0.396 e. The SMILES string of the molecule is CC1(C)[C@@H](O)CC[C@]2(C)[C@H](CO)CCC[C@@H]12. The van der Waals surface area contributed by atoms with Crippen molar-refractivity contribution < 1.29 is 10.2 Å². The maximum Gasteiger partial charge on any atom is 0.0594 e. The fraction of sp³-hybridized carbons (Fsp3) is 1.00. The van der Waals surface area contributed by atoms with E-state index >= 15 is 0 Å². The molecule has 2 heteroatoms. The summed E-state index contributed by atoms with van der Waals surface area (Å²) in [5.41, 5.74) is 0.260. The summed E-state index contributed by atoms with van der Waals surface area (Å²) in [6.45, 7) is 7.07. The molecule has 94 valence electrons. The van der Waals surface area contributed by atoms with Crippen LogP contribution in [0, 0.1) is 22.7 Å². The Morgan fingerprint density at radius 3 is 2.44 bits per heavy atom. The standard InChI is InChI=1S/C14H26O2/c1-13(2)11-6-4-5-10(9-15)14(11,3)8-7-12(13)16/h10-12,15-16H,4-9H2,1-3H3/t10-,11-,12-,14+/m0/s1. The summed E-state index contributed by atoms with van der Waals surface area (Å²) in [7, 11) is 0. The Morgan fingerprint density at radius 1 is 1.12 bits per heavy atom. The molecule has 0 heterocycles. The summed E-state index contributed by atoms with van der Waals surface area (Å²) in [5.74, 6) is 1.01. The lowest BCUT2D eigenvalue weighted by Crippen LogP contribution is -2.54. The van der Waals surface area contributed by atoms with Crippen molar-refractivity contribution in [3.8, 4) is 0 Å². The summed E-state index contributed by atoms with van der Waals surface area (Å²) in [6, 6.07) is 0. The van der Waals surface area contributed by atoms with Crippen molar-refractivity contribution in [1.29, 1.82) is 0 Å². The Labute approximate surface area is 99.1 Å². The molecule has 0 unspecified atom stereocenters. The Hall–Kier alpha value is -0.0800. The van der Waals surface area contributed by atoms with Gasteiger partial charge in [0.2, 0.25) is 0 Å². The highest BCUT2D eigenvalue weighted by molar-refractivity contribution is 5.04. The van der Waals surface area contributed by atoms with Gasteiger partial charge in [0.1, 0.15) is 0 Å². The molecule has 2 N–H and O–H groups in total. The maximum absolute atomic E-state index is 10.2. The maximum atomic E-state index is 10.2. The lowest BCUT2D eigenvalue weighted by atomic mass is 9.48. The number of fused-ring (bicyclic) bond motifs is 1. The van der Waals surface area contributed by atoms with E-state index in [0.717, 1.165) is 19.3 Å². The second-order valence-corrected chi connectivity index (χ2v) is 6.74. The number of hydrogen-bond acceptors (Lipinski definition) is 2. The van der Waals surface area contributed by atoms with Crippen LogP contribution in [0.2, 0.25) is 0 Å². The summed E-state index contributed by atoms with van der Waals surface area (Å²) >= 11 is 0. The van der Waals surface area contributed by atoms with Gasteiger partial charge in [0, 0.05) is 6.61 Å². The van der Waals surface area contributed by atoms with E-state index < -0.39 is 0 Å². The van der Waals surface area contributed by atoms with Gasteiger partial charge in [0.15, 0.2) is 0 Å². The molecule has 0 aliphatic heterocycles. The highest BCUT2D eigenvalue weighted by Gasteiger charge is 2.54. The van der Waals surface area contributed by atoms with E-state index in [2.05, 4.69) is 20.8 Å². The highest BCUT2D eigenvalue weighted by atomic mass is 16.3. The fourth-order valence-electron chi connectivity index (χ4n) is 4.46. The summed E-state index contributed by atoms with van der Waals surface area (Å²) in [5, 5.41) is 19.8. The monoisotopic (exact) mass is 226 g/mol. The van der Waals surface area contributed by atoms with Crippen LogP contribution >= 0.6 is 0 Å². The molecule has 0 amide bonds. The molecule has 0 aromatic heterocycles. The molecule has 2 rings (SSSR count). The van der Waals surface area contributed by atoms with Crippen LogP contribution in [-0.2, 0) is 0 Å². The zero-order valence-corrected chi connectivity index (χ0v) is 10.9. The van der Waals surface area contributed by atoms with Gasteiger partial charge in [-0.05, 0) is 48.3 Å². The van der Waals surface area contributed by atoms with Crippen molar-refractivity contribution in [3.63, 3.8) is 0 Å². The fourth-order valence-corrected chi connectivity index (χ4v) is 4.46. The quantitative estimate of drug-likeness (QED) is 0.721. The van der Waals surface area contributed by atoms with Gasteiger partial charge >= 0.3 is 0 Å². The Morgan fingerprint density at radius 2 is 1.81 bits per heavy atom. The number of aliphatic hydroxyl groups is 2. The van der Waals surface area contributed by atoms with Gasteiger partial charge in [-0.25, -0.2) is 0 Å². The second kappa shape index (κ2) is 3.99. The Bertz CT molecular complexity index is 261. The molecule has 0 spiro atoms. The Kier molecular flexibility index (Phi) is 3.09. The number of aliphatic hydroxyl groups excluding tert-OH is 2. The van der Waals surface area contributed by atoms with Gasteiger partial charge in [0.05, 0.1) is 6.10 Å². The van der Waals surface area contributed by atoms with Crippen molar-refractivity contribution in [1.82, 2.24) is 0 Å². The zero-order chi connectivity index (χ0) is 12.0. The van der Waals surface area contributed by atoms with E-state index in [0.29, 0.717) is 18.4 Å². The predicted octanol–water partition coefficient (Wildman–Crippen LogP) is 2.58. The molecule has 0 aromatic carbocycles. The van der Waals surface area contributed by atoms with Crippen LogP contribution < -0.4 is 0 Å². The molecule has 2 aliphatic carbocycles. The van der Waals surface area contributed by atoms with Crippen molar-refractivity contribution in [3.05, 3.63) is 0 Å². The van der Waals surface area contributed by atoms with E-state index in [-0.39, 0.29) is 16.9 Å². The minimum atomic E-state index is -0.164. The van der Waals surface area contributed by atoms with Crippen LogP contribution in [0.4, 0.5) is 0 Å². The first-order valence-electron chi connectivity index (χ1n) is 6.72. The van der Waals surface area contributed by atoms with E-state index in [9.17, 15) is 10.2 Å². The van der Waals surface area contributed by atoms with Gasteiger partial charge < -0.3 is 10.2 Å². The van der Waals surface area contributed by atoms with Gasteiger partial charge in [-0.1, -0.05) is 27.2 Å². The predicted molar refractivity (Wildman–Crippen MR) is 65.0 cm³/mol. The van der Waals surface area contributed by atoms with Crippen molar-refractivity contribution >= 4 is 0 Å². The Balaban J connectivity index is 2.30. The van der Waals surface area contributed by atoms with Gasteiger partial charge in [-0.3, -0.25) is 0 Å². The van der Waals surface area contributed by atoms with Crippen molar-refractivity contribution in [2.24, 2.45) is 22.7 Å². The number of hydrogen-bond donors (Lipinski definition) is 2. The third-order valence-corrected chi connectivity index (χ3v) is 5.71. The van der Waals surface area contributed by atoms with Crippen LogP contribution in [0.1, 0.15) is 52.9 Å². The molecule has 2 fully saturated rings. The third kappa shape index (κ3) is 1.62. The van der Waals surface area contributed by atoms with Crippen LogP contribution in [0.25, 0.3) is 0 Å². The van der Waals surface area contributed by atoms with E-state index in [1.165, 1.54) is 12.8 Å². The molecule has 0 aromatic rings. The number of rotatable bonds is 1. The topological polar surface area (TPSA) is 40.5 Å². The average molecular weight is 226 g/mol. The molecule has 16 heavy (non-hydrogen) atoms. The smallest absolute Gasteiger partial charge is 0.0594 e.